The van der Waals surface area contributed by atoms with Gasteiger partial charge in [0, 0.05) is 0 Å². The van der Waals surface area contributed by atoms with E-state index in [0.717, 1.165) is 5.56 Å². The van der Waals surface area contributed by atoms with Crippen LogP contribution in [0.1, 0.15) is 5.56 Å². The Bertz CT molecular complexity index is 2130. The van der Waals surface area contributed by atoms with Gasteiger partial charge in [0.15, 0.2) is 31.5 Å². The molecule has 0 aliphatic heterocycles. The van der Waals surface area contributed by atoms with Gasteiger partial charge in [-0.2, -0.15) is 0 Å². The third kappa shape index (κ3) is 8.11. The second-order valence-corrected chi connectivity index (χ2v) is 14.7. The van der Waals surface area contributed by atoms with Crippen molar-refractivity contribution in [2.24, 2.45) is 0 Å². The van der Waals surface area contributed by atoms with Crippen molar-refractivity contribution in [1.82, 2.24) is 13.0 Å². The highest BCUT2D eigenvalue weighted by molar-refractivity contribution is 7.56. The van der Waals surface area contributed by atoms with E-state index < -0.39 is 16.2 Å². The predicted molar refractivity (Wildman–Crippen MR) is 193 cm³/mol. The molecule has 1 aromatic heterocycles. The van der Waals surface area contributed by atoms with E-state index in [1.54, 1.807) is 8.51 Å². The minimum atomic E-state index is -1.87. The Morgan fingerprint density at radius 2 is 0.959 bits per heavy atom. The largest absolute Gasteiger partial charge is 0.453 e. The quantitative estimate of drug-likeness (QED) is 0.125. The van der Waals surface area contributed by atoms with Gasteiger partial charge in [0.1, 0.15) is 17.2 Å². The van der Waals surface area contributed by atoms with E-state index in [0.29, 0.717) is 54.5 Å². The summed E-state index contributed by atoms with van der Waals surface area (Å²) in [6, 6.07) is 51.3. The molecule has 0 radical (unpaired) electrons. The van der Waals surface area contributed by atoms with Crippen LogP contribution >= 0.6 is 24.7 Å². The lowest BCUT2D eigenvalue weighted by atomic mass is 10.2. The van der Waals surface area contributed by atoms with E-state index in [4.69, 9.17) is 32.7 Å². The van der Waals surface area contributed by atoms with Gasteiger partial charge in [0.05, 0.1) is 0 Å². The second kappa shape index (κ2) is 15.5. The molecule has 12 heteroatoms. The SMILES string of the molecule is Cc1ccc(Op2npn(Oc3ccccc3)p(Oc3ccccc3)n2Oc2ccccc2)c(Oc2ccccc2)c1Oc1ccccc1. The minimum absolute atomic E-state index is 0.403. The average molecular weight is 706 g/mol. The van der Waals surface area contributed by atoms with Gasteiger partial charge in [-0.15, -0.1) is 4.51 Å². The molecular weight excluding hydrogens is 675 g/mol. The average Bonchev–Trinajstić information content (AvgIpc) is 3.15. The number of hydrogen-bond donors (Lipinski definition) is 0. The highest BCUT2D eigenvalue weighted by Crippen LogP contribution is 2.49. The number of aryl methyl sites for hydroxylation is 1. The Hall–Kier alpha value is -5.58. The topological polar surface area (TPSA) is 78.1 Å². The Balaban J connectivity index is 1.37. The molecule has 6 aromatic carbocycles. The summed E-state index contributed by atoms with van der Waals surface area (Å²) in [4.78, 5) is 12.9. The van der Waals surface area contributed by atoms with Crippen molar-refractivity contribution in [2.75, 3.05) is 0 Å². The fourth-order valence-electron chi connectivity index (χ4n) is 4.48. The first kappa shape index (κ1) is 32.0. The lowest BCUT2D eigenvalue weighted by Crippen LogP contribution is -2.14. The number of ether oxygens (including phenoxy) is 2. The van der Waals surface area contributed by atoms with Crippen molar-refractivity contribution in [3.63, 3.8) is 0 Å². The third-order valence-electron chi connectivity index (χ3n) is 6.80. The highest BCUT2D eigenvalue weighted by Gasteiger charge is 2.24. The monoisotopic (exact) mass is 705 g/mol. The first-order valence-electron chi connectivity index (χ1n) is 15.3. The zero-order valence-corrected chi connectivity index (χ0v) is 28.9. The number of nitrogens with zero attached hydrogens (tertiary/aromatic N) is 3. The fraction of sp³-hybridized carbons (Fsp3) is 0.0270. The number of benzene rings is 6. The lowest BCUT2D eigenvalue weighted by Gasteiger charge is -2.22. The molecule has 0 amide bonds. The van der Waals surface area contributed by atoms with E-state index in [1.165, 1.54) is 0 Å². The molecule has 0 aliphatic carbocycles. The Morgan fingerprint density at radius 3 is 1.51 bits per heavy atom. The van der Waals surface area contributed by atoms with Crippen LogP contribution in [0.2, 0.25) is 0 Å². The van der Waals surface area contributed by atoms with Crippen molar-refractivity contribution in [3.05, 3.63) is 169 Å². The maximum atomic E-state index is 6.78. The molecule has 1 heterocycles. The molecule has 0 saturated heterocycles. The number of aromatic nitrogens is 3. The van der Waals surface area contributed by atoms with E-state index in [1.807, 2.05) is 171 Å². The maximum Gasteiger partial charge on any atom is 0.319 e. The summed E-state index contributed by atoms with van der Waals surface area (Å²) in [5.41, 5.74) is 0.864. The van der Waals surface area contributed by atoms with E-state index >= 15 is 0 Å². The molecule has 7 rings (SSSR count). The first-order valence-corrected chi connectivity index (χ1v) is 18.4. The summed E-state index contributed by atoms with van der Waals surface area (Å²) < 4.78 is 34.5. The number of rotatable bonds is 12. The van der Waals surface area contributed by atoms with Gasteiger partial charge in [0.25, 0.3) is 0 Å². The van der Waals surface area contributed by atoms with Gasteiger partial charge in [0.2, 0.25) is 5.75 Å². The summed E-state index contributed by atoms with van der Waals surface area (Å²) in [5.74, 6) is 4.46. The number of hydrogen-bond acceptors (Lipinski definition) is 7. The number of para-hydroxylation sites is 5. The molecule has 0 spiro atoms. The van der Waals surface area contributed by atoms with Crippen LogP contribution < -0.4 is 28.2 Å². The van der Waals surface area contributed by atoms with Gasteiger partial charge in [-0.1, -0.05) is 101 Å². The smallest absolute Gasteiger partial charge is 0.319 e. The van der Waals surface area contributed by atoms with Crippen molar-refractivity contribution in [3.8, 4) is 46.0 Å². The van der Waals surface area contributed by atoms with Crippen LogP contribution in [0.15, 0.2) is 164 Å². The first-order chi connectivity index (χ1) is 24.2. The molecule has 0 fully saturated rings. The molecule has 244 valence electrons. The molecule has 9 nitrogen and oxygen atoms in total. The molecule has 0 aliphatic rings. The predicted octanol–water partition coefficient (Wildman–Crippen LogP) is 11.6. The molecule has 2 atom stereocenters. The van der Waals surface area contributed by atoms with Crippen LogP contribution in [0, 0.1) is 6.92 Å². The molecule has 0 saturated carbocycles. The van der Waals surface area contributed by atoms with Gasteiger partial charge in [-0.3, -0.25) is 0 Å². The lowest BCUT2D eigenvalue weighted by molar-refractivity contribution is 0.232. The standard InChI is InChI=1S/C37H30N3O6P3/c1-29-27-28-35(37(42-31-19-9-3-10-20-31)36(29)41-30-17-7-2-8-18-30)46-48-38-47-39(43-32-21-11-4-12-22-32)49(45-34-25-15-6-16-26-34)40(48)44-33-23-13-5-14-24-33/h2-28H,1H3. The van der Waals surface area contributed by atoms with Crippen LogP contribution in [0.5, 0.6) is 46.0 Å². The molecule has 49 heavy (non-hydrogen) atoms. The second-order valence-electron chi connectivity index (χ2n) is 10.4. The molecule has 0 N–H and O–H groups in total. The summed E-state index contributed by atoms with van der Waals surface area (Å²) in [6.45, 7) is 1.96. The van der Waals surface area contributed by atoms with Gasteiger partial charge in [-0.05, 0) is 83.5 Å². The van der Waals surface area contributed by atoms with Crippen molar-refractivity contribution >= 4 is 24.7 Å². The summed E-state index contributed by atoms with van der Waals surface area (Å²) in [5, 5.41) is 0. The van der Waals surface area contributed by atoms with Crippen molar-refractivity contribution in [2.45, 2.75) is 6.92 Å². The molecule has 2 unspecified atom stereocenters. The zero-order chi connectivity index (χ0) is 33.3. The normalized spacial score (nSPS) is 11.4. The van der Waals surface area contributed by atoms with Crippen molar-refractivity contribution < 1.29 is 28.2 Å². The summed E-state index contributed by atoms with van der Waals surface area (Å²) in [6.07, 6.45) is 0. The van der Waals surface area contributed by atoms with Crippen LogP contribution in [-0.2, 0) is 0 Å². The van der Waals surface area contributed by atoms with E-state index in [2.05, 4.69) is 0 Å². The molecule has 7 aromatic rings. The Kier molecular flexibility index (Phi) is 10.1. The summed E-state index contributed by atoms with van der Waals surface area (Å²) >= 11 is 0. The highest BCUT2D eigenvalue weighted by atomic mass is 31.2. The molecular formula is C37H30N3O6P3. The van der Waals surface area contributed by atoms with Gasteiger partial charge in [-0.25, -0.2) is 0 Å². The molecule has 0 bridgehead atoms. The minimum Gasteiger partial charge on any atom is -0.453 e. The van der Waals surface area contributed by atoms with Crippen LogP contribution in [0.3, 0.4) is 0 Å². The van der Waals surface area contributed by atoms with Gasteiger partial charge >= 0.3 is 16.2 Å². The van der Waals surface area contributed by atoms with Crippen LogP contribution in [-0.4, -0.2) is 13.0 Å². The van der Waals surface area contributed by atoms with Crippen LogP contribution in [0.4, 0.5) is 0 Å². The fourth-order valence-corrected chi connectivity index (χ4v) is 9.44. The van der Waals surface area contributed by atoms with E-state index in [-0.39, 0.29) is 0 Å². The van der Waals surface area contributed by atoms with Crippen molar-refractivity contribution in [1.29, 1.82) is 0 Å². The van der Waals surface area contributed by atoms with Gasteiger partial charge < -0.3 is 28.2 Å². The Morgan fingerprint density at radius 1 is 0.490 bits per heavy atom. The maximum absolute atomic E-state index is 6.78. The van der Waals surface area contributed by atoms with Crippen LogP contribution in [0.25, 0.3) is 0 Å². The van der Waals surface area contributed by atoms with E-state index in [9.17, 15) is 0 Å². The zero-order valence-electron chi connectivity index (χ0n) is 26.2. The summed E-state index contributed by atoms with van der Waals surface area (Å²) in [7, 11) is -3.24. The third-order valence-corrected chi connectivity index (χ3v) is 11.4. The Labute approximate surface area is 287 Å².